The molecule has 0 N–H and O–H groups in total. The van der Waals surface area contributed by atoms with E-state index in [1.807, 2.05) is 0 Å². The summed E-state index contributed by atoms with van der Waals surface area (Å²) >= 11 is 5.62. The van der Waals surface area contributed by atoms with E-state index in [0.717, 1.165) is 5.56 Å². The predicted octanol–water partition coefficient (Wildman–Crippen LogP) is 2.92. The Labute approximate surface area is 116 Å². The van der Waals surface area contributed by atoms with Crippen molar-refractivity contribution in [1.29, 1.82) is 0 Å². The molecule has 1 aliphatic rings. The van der Waals surface area contributed by atoms with Crippen LogP contribution in [0.4, 0.5) is 9.18 Å². The second-order valence-corrected chi connectivity index (χ2v) is 4.90. The lowest BCUT2D eigenvalue weighted by molar-refractivity contribution is -0.0296. The number of ether oxygens (including phenoxy) is 2. The molecule has 104 valence electrons. The minimum absolute atomic E-state index is 0.271. The molecule has 1 fully saturated rings. The van der Waals surface area contributed by atoms with Crippen LogP contribution in [0.2, 0.25) is 0 Å². The molecule has 6 heteroatoms. The van der Waals surface area contributed by atoms with E-state index in [1.54, 1.807) is 19.1 Å². The topological polar surface area (TPSA) is 38.8 Å². The molecule has 2 atom stereocenters. The van der Waals surface area contributed by atoms with Crippen molar-refractivity contribution in [3.05, 3.63) is 35.6 Å². The van der Waals surface area contributed by atoms with Gasteiger partial charge in [0.15, 0.2) is 5.56 Å². The summed E-state index contributed by atoms with van der Waals surface area (Å²) in [5.74, 6) is -0.299. The fraction of sp³-hybridized carbons (Fsp3) is 0.462. The van der Waals surface area contributed by atoms with E-state index in [-0.39, 0.29) is 11.9 Å². The lowest BCUT2D eigenvalue weighted by atomic mass is 10.1. The normalized spacial score (nSPS) is 21.0. The molecule has 2 rings (SSSR count). The highest BCUT2D eigenvalue weighted by atomic mass is 35.5. The van der Waals surface area contributed by atoms with Gasteiger partial charge in [0.05, 0.1) is 13.2 Å². The highest BCUT2D eigenvalue weighted by Crippen LogP contribution is 2.23. The molecule has 1 aliphatic heterocycles. The smallest absolute Gasteiger partial charge is 0.411 e. The largest absolute Gasteiger partial charge is 0.430 e. The predicted molar refractivity (Wildman–Crippen MR) is 68.5 cm³/mol. The highest BCUT2D eigenvalue weighted by molar-refractivity contribution is 6.19. The van der Waals surface area contributed by atoms with Crippen LogP contribution in [-0.2, 0) is 9.47 Å². The summed E-state index contributed by atoms with van der Waals surface area (Å²) in [5, 5.41) is 0. The Morgan fingerprint density at radius 3 is 2.84 bits per heavy atom. The summed E-state index contributed by atoms with van der Waals surface area (Å²) in [6.45, 7) is 2.82. The van der Waals surface area contributed by atoms with Crippen LogP contribution in [0, 0.1) is 5.82 Å². The van der Waals surface area contributed by atoms with Crippen LogP contribution in [-0.4, -0.2) is 36.3 Å². The summed E-state index contributed by atoms with van der Waals surface area (Å²) < 4.78 is 23.4. The summed E-state index contributed by atoms with van der Waals surface area (Å²) in [7, 11) is 0. The Bertz CT molecular complexity index is 438. The van der Waals surface area contributed by atoms with Gasteiger partial charge >= 0.3 is 6.09 Å². The number of hydrogen-bond donors (Lipinski definition) is 0. The van der Waals surface area contributed by atoms with Crippen LogP contribution < -0.4 is 0 Å². The first kappa shape index (κ1) is 14.1. The molecule has 0 bridgehead atoms. The fourth-order valence-corrected chi connectivity index (χ4v) is 1.98. The zero-order valence-corrected chi connectivity index (χ0v) is 11.3. The van der Waals surface area contributed by atoms with Gasteiger partial charge in [0, 0.05) is 6.54 Å². The molecule has 19 heavy (non-hydrogen) atoms. The van der Waals surface area contributed by atoms with E-state index in [2.05, 4.69) is 0 Å². The van der Waals surface area contributed by atoms with E-state index >= 15 is 0 Å². The lowest BCUT2D eigenvalue weighted by Gasteiger charge is -2.32. The van der Waals surface area contributed by atoms with Crippen molar-refractivity contribution in [1.82, 2.24) is 4.90 Å². The second kappa shape index (κ2) is 6.21. The molecule has 0 radical (unpaired) electrons. The number of rotatable bonds is 2. The van der Waals surface area contributed by atoms with Gasteiger partial charge in [-0.25, -0.2) is 9.18 Å². The van der Waals surface area contributed by atoms with Crippen molar-refractivity contribution < 1.29 is 18.7 Å². The molecule has 1 unspecified atom stereocenters. The Balaban J connectivity index is 2.00. The molecule has 4 nitrogen and oxygen atoms in total. The number of nitrogens with zero attached hydrogens (tertiary/aromatic N) is 1. The molecule has 0 spiro atoms. The van der Waals surface area contributed by atoms with Crippen LogP contribution in [0.15, 0.2) is 24.3 Å². The highest BCUT2D eigenvalue weighted by Gasteiger charge is 2.26. The third kappa shape index (κ3) is 3.81. The minimum atomic E-state index is -0.667. The Kier molecular flexibility index (Phi) is 4.61. The molecule has 0 saturated carbocycles. The maximum atomic E-state index is 12.9. The maximum absolute atomic E-state index is 12.9. The van der Waals surface area contributed by atoms with Gasteiger partial charge < -0.3 is 14.4 Å². The molecular formula is C13H15ClFNO3. The maximum Gasteiger partial charge on any atom is 0.411 e. The van der Waals surface area contributed by atoms with E-state index in [0.29, 0.717) is 19.7 Å². The van der Waals surface area contributed by atoms with E-state index in [1.165, 1.54) is 17.0 Å². The van der Waals surface area contributed by atoms with Gasteiger partial charge in [-0.1, -0.05) is 23.7 Å². The minimum Gasteiger partial charge on any atom is -0.430 e. The van der Waals surface area contributed by atoms with Crippen LogP contribution in [0.25, 0.3) is 0 Å². The second-order valence-electron chi connectivity index (χ2n) is 4.28. The number of halogens is 2. The van der Waals surface area contributed by atoms with Crippen molar-refractivity contribution in [3.63, 3.8) is 0 Å². The molecule has 0 aromatic heterocycles. The number of carbonyl (C=O) groups is 1. The summed E-state index contributed by atoms with van der Waals surface area (Å²) in [5.41, 5.74) is 0.164. The number of morpholine rings is 1. The average molecular weight is 288 g/mol. The Morgan fingerprint density at radius 2 is 2.21 bits per heavy atom. The first-order chi connectivity index (χ1) is 9.06. The number of alkyl halides is 1. The summed E-state index contributed by atoms with van der Waals surface area (Å²) in [6.07, 6.45) is -0.731. The van der Waals surface area contributed by atoms with Crippen molar-refractivity contribution in [2.75, 3.05) is 19.7 Å². The third-order valence-electron chi connectivity index (χ3n) is 2.83. The van der Waals surface area contributed by atoms with Crippen LogP contribution in [0.5, 0.6) is 0 Å². The monoisotopic (exact) mass is 287 g/mol. The summed E-state index contributed by atoms with van der Waals surface area (Å²) in [6, 6.07) is 6.05. The molecule has 1 saturated heterocycles. The molecule has 1 aromatic rings. The van der Waals surface area contributed by atoms with Crippen LogP contribution in [0.1, 0.15) is 18.6 Å². The summed E-state index contributed by atoms with van der Waals surface area (Å²) in [4.78, 5) is 13.3. The molecule has 1 aromatic carbocycles. The zero-order chi connectivity index (χ0) is 13.8. The SMILES string of the molecule is CC(Cl)OC(=O)N1CCO[C@H](c2ccc(F)cc2)C1. The molecule has 1 amide bonds. The quantitative estimate of drug-likeness (QED) is 0.785. The van der Waals surface area contributed by atoms with Gasteiger partial charge in [-0.15, -0.1) is 0 Å². The zero-order valence-electron chi connectivity index (χ0n) is 10.5. The Hall–Kier alpha value is -1.33. The average Bonchev–Trinajstić information content (AvgIpc) is 2.39. The van der Waals surface area contributed by atoms with Crippen molar-refractivity contribution in [2.45, 2.75) is 18.6 Å². The number of carbonyl (C=O) groups excluding carboxylic acids is 1. The van der Waals surface area contributed by atoms with Gasteiger partial charge in [0.2, 0.25) is 0 Å². The van der Waals surface area contributed by atoms with Crippen LogP contribution in [0.3, 0.4) is 0 Å². The molecule has 1 heterocycles. The van der Waals surface area contributed by atoms with E-state index < -0.39 is 11.7 Å². The fourth-order valence-electron chi connectivity index (χ4n) is 1.91. The van der Waals surface area contributed by atoms with Gasteiger partial charge in [0.1, 0.15) is 11.9 Å². The van der Waals surface area contributed by atoms with Gasteiger partial charge in [-0.3, -0.25) is 0 Å². The third-order valence-corrected chi connectivity index (χ3v) is 2.92. The van der Waals surface area contributed by atoms with Crippen molar-refractivity contribution in [2.24, 2.45) is 0 Å². The molecular weight excluding hydrogens is 273 g/mol. The van der Waals surface area contributed by atoms with Crippen LogP contribution >= 0.6 is 11.6 Å². The standard InChI is InChI=1S/C13H15ClFNO3/c1-9(14)19-13(17)16-6-7-18-12(8-16)10-2-4-11(15)5-3-10/h2-5,9,12H,6-8H2,1H3/t9?,12-/m0/s1. The lowest BCUT2D eigenvalue weighted by Crippen LogP contribution is -2.43. The number of hydrogen-bond acceptors (Lipinski definition) is 3. The van der Waals surface area contributed by atoms with Gasteiger partial charge in [-0.2, -0.15) is 0 Å². The number of amides is 1. The Morgan fingerprint density at radius 1 is 1.53 bits per heavy atom. The van der Waals surface area contributed by atoms with E-state index in [4.69, 9.17) is 21.1 Å². The van der Waals surface area contributed by atoms with E-state index in [9.17, 15) is 9.18 Å². The van der Waals surface area contributed by atoms with Crippen molar-refractivity contribution >= 4 is 17.7 Å². The van der Waals surface area contributed by atoms with Gasteiger partial charge in [0.25, 0.3) is 0 Å². The van der Waals surface area contributed by atoms with Gasteiger partial charge in [-0.05, 0) is 24.6 Å². The molecule has 0 aliphatic carbocycles. The van der Waals surface area contributed by atoms with Crippen molar-refractivity contribution in [3.8, 4) is 0 Å². The number of benzene rings is 1. The first-order valence-corrected chi connectivity index (χ1v) is 6.46. The first-order valence-electron chi connectivity index (χ1n) is 6.03.